The van der Waals surface area contributed by atoms with Crippen LogP contribution in [0.5, 0.6) is 0 Å². The normalized spacial score (nSPS) is 18.8. The van der Waals surface area contributed by atoms with Gasteiger partial charge in [-0.05, 0) is 37.9 Å². The highest BCUT2D eigenvalue weighted by Gasteiger charge is 2.23. The summed E-state index contributed by atoms with van der Waals surface area (Å²) in [5.74, 6) is 2.06. The fraction of sp³-hybridized carbons (Fsp3) is 0.615. The van der Waals surface area contributed by atoms with E-state index in [2.05, 4.69) is 29.5 Å². The molecular weight excluding hydrogens is 216 g/mol. The summed E-state index contributed by atoms with van der Waals surface area (Å²) in [6, 6.07) is 4.85. The Morgan fingerprint density at radius 1 is 1.38 bits per heavy atom. The third-order valence-electron chi connectivity index (χ3n) is 3.42. The van der Waals surface area contributed by atoms with Crippen LogP contribution in [0.3, 0.4) is 0 Å². The minimum Gasteiger partial charge on any atom is -0.316 e. The van der Waals surface area contributed by atoms with Crippen LogP contribution < -0.4 is 5.32 Å². The van der Waals surface area contributed by atoms with Crippen molar-refractivity contribution in [2.24, 2.45) is 5.92 Å². The number of aromatic nitrogens is 1. The molecule has 88 valence electrons. The van der Waals surface area contributed by atoms with Gasteiger partial charge in [-0.2, -0.15) is 0 Å². The maximum atomic E-state index is 4.04. The molecule has 0 amide bonds. The molecule has 1 fully saturated rings. The number of nitrogens with zero attached hydrogens (tertiary/aromatic N) is 1. The second-order valence-electron chi connectivity index (χ2n) is 4.43. The summed E-state index contributed by atoms with van der Waals surface area (Å²) in [6.45, 7) is 0. The number of thioether (sulfide) groups is 1. The molecule has 2 nitrogen and oxygen atoms in total. The summed E-state index contributed by atoms with van der Waals surface area (Å²) in [5, 5.41) is 3.48. The molecule has 1 atom stereocenters. The molecule has 0 bridgehead atoms. The first kappa shape index (κ1) is 11.9. The lowest BCUT2D eigenvalue weighted by Gasteiger charge is -2.22. The standard InChI is InChI=1S/C13H20N2S/c1-14-13(11-4-2-3-5-11)10-16-12-6-8-15-9-7-12/h6-9,11,13-14H,2-5,10H2,1H3. The van der Waals surface area contributed by atoms with Gasteiger partial charge in [0.15, 0.2) is 0 Å². The topological polar surface area (TPSA) is 24.9 Å². The van der Waals surface area contributed by atoms with Gasteiger partial charge in [0.1, 0.15) is 0 Å². The molecule has 1 N–H and O–H groups in total. The van der Waals surface area contributed by atoms with E-state index in [1.165, 1.54) is 36.3 Å². The molecule has 1 saturated carbocycles. The van der Waals surface area contributed by atoms with Gasteiger partial charge >= 0.3 is 0 Å². The number of hydrogen-bond acceptors (Lipinski definition) is 3. The molecule has 0 radical (unpaired) electrons. The van der Waals surface area contributed by atoms with E-state index < -0.39 is 0 Å². The van der Waals surface area contributed by atoms with Crippen LogP contribution in [0.4, 0.5) is 0 Å². The molecule has 1 aromatic rings. The zero-order chi connectivity index (χ0) is 11.2. The van der Waals surface area contributed by atoms with Crippen LogP contribution >= 0.6 is 11.8 Å². The smallest absolute Gasteiger partial charge is 0.0278 e. The largest absolute Gasteiger partial charge is 0.316 e. The molecule has 0 saturated heterocycles. The molecular formula is C13H20N2S. The predicted octanol–water partition coefficient (Wildman–Crippen LogP) is 2.95. The average molecular weight is 236 g/mol. The quantitative estimate of drug-likeness (QED) is 0.796. The molecule has 1 heterocycles. The number of pyridine rings is 1. The van der Waals surface area contributed by atoms with Crippen molar-refractivity contribution in [3.63, 3.8) is 0 Å². The van der Waals surface area contributed by atoms with Crippen molar-refractivity contribution in [3.8, 4) is 0 Å². The molecule has 1 aliphatic carbocycles. The lowest BCUT2D eigenvalue weighted by Crippen LogP contribution is -2.34. The van der Waals surface area contributed by atoms with Gasteiger partial charge in [0.2, 0.25) is 0 Å². The molecule has 3 heteroatoms. The van der Waals surface area contributed by atoms with E-state index in [-0.39, 0.29) is 0 Å². The third-order valence-corrected chi connectivity index (χ3v) is 4.55. The highest BCUT2D eigenvalue weighted by Crippen LogP contribution is 2.30. The van der Waals surface area contributed by atoms with Crippen molar-refractivity contribution in [1.29, 1.82) is 0 Å². The average Bonchev–Trinajstić information content (AvgIpc) is 2.85. The van der Waals surface area contributed by atoms with Gasteiger partial charge in [0, 0.05) is 29.1 Å². The highest BCUT2D eigenvalue weighted by atomic mass is 32.2. The van der Waals surface area contributed by atoms with Crippen molar-refractivity contribution >= 4 is 11.8 Å². The fourth-order valence-electron chi connectivity index (χ4n) is 2.44. The van der Waals surface area contributed by atoms with Crippen molar-refractivity contribution in [1.82, 2.24) is 10.3 Å². The predicted molar refractivity (Wildman–Crippen MR) is 69.8 cm³/mol. The van der Waals surface area contributed by atoms with Crippen LogP contribution in [-0.2, 0) is 0 Å². The Labute approximate surface area is 102 Å². The first-order valence-corrected chi connectivity index (χ1v) is 7.09. The van der Waals surface area contributed by atoms with E-state index in [1.54, 1.807) is 0 Å². The van der Waals surface area contributed by atoms with Crippen molar-refractivity contribution in [2.45, 2.75) is 36.6 Å². The lowest BCUT2D eigenvalue weighted by atomic mass is 10.0. The van der Waals surface area contributed by atoms with Gasteiger partial charge in [-0.1, -0.05) is 12.8 Å². The van der Waals surface area contributed by atoms with E-state index in [4.69, 9.17) is 0 Å². The number of rotatable bonds is 5. The van der Waals surface area contributed by atoms with Crippen LogP contribution in [0.2, 0.25) is 0 Å². The van der Waals surface area contributed by atoms with Crippen LogP contribution in [0.15, 0.2) is 29.4 Å². The van der Waals surface area contributed by atoms with Crippen LogP contribution in [0, 0.1) is 5.92 Å². The summed E-state index contributed by atoms with van der Waals surface area (Å²) >= 11 is 1.94. The van der Waals surface area contributed by atoms with E-state index in [0.717, 1.165) is 5.92 Å². The SMILES string of the molecule is CNC(CSc1ccncc1)C1CCCC1. The van der Waals surface area contributed by atoms with Gasteiger partial charge < -0.3 is 5.32 Å². The van der Waals surface area contributed by atoms with E-state index in [9.17, 15) is 0 Å². The Kier molecular flexibility index (Phi) is 4.67. The van der Waals surface area contributed by atoms with Crippen molar-refractivity contribution in [3.05, 3.63) is 24.5 Å². The number of nitrogens with one attached hydrogen (secondary N) is 1. The minimum atomic E-state index is 0.667. The maximum Gasteiger partial charge on any atom is 0.0278 e. The van der Waals surface area contributed by atoms with E-state index >= 15 is 0 Å². The van der Waals surface area contributed by atoms with Gasteiger partial charge in [0.05, 0.1) is 0 Å². The Morgan fingerprint density at radius 3 is 2.69 bits per heavy atom. The van der Waals surface area contributed by atoms with Crippen LogP contribution in [0.1, 0.15) is 25.7 Å². The maximum absolute atomic E-state index is 4.04. The van der Waals surface area contributed by atoms with Crippen molar-refractivity contribution < 1.29 is 0 Å². The lowest BCUT2D eigenvalue weighted by molar-refractivity contribution is 0.410. The molecule has 1 aromatic heterocycles. The molecule has 2 rings (SSSR count). The first-order chi connectivity index (χ1) is 7.90. The molecule has 0 aromatic carbocycles. The molecule has 0 spiro atoms. The molecule has 0 aliphatic heterocycles. The molecule has 1 unspecified atom stereocenters. The Balaban J connectivity index is 1.83. The molecule has 16 heavy (non-hydrogen) atoms. The van der Waals surface area contributed by atoms with E-state index in [0.29, 0.717) is 6.04 Å². The third kappa shape index (κ3) is 3.22. The molecule has 1 aliphatic rings. The summed E-state index contributed by atoms with van der Waals surface area (Å²) in [6.07, 6.45) is 9.38. The van der Waals surface area contributed by atoms with Gasteiger partial charge in [-0.3, -0.25) is 4.98 Å². The Hall–Kier alpha value is -0.540. The Morgan fingerprint density at radius 2 is 2.06 bits per heavy atom. The summed E-state index contributed by atoms with van der Waals surface area (Å²) in [4.78, 5) is 5.37. The van der Waals surface area contributed by atoms with Gasteiger partial charge in [-0.15, -0.1) is 11.8 Å². The first-order valence-electron chi connectivity index (χ1n) is 6.10. The highest BCUT2D eigenvalue weighted by molar-refractivity contribution is 7.99. The van der Waals surface area contributed by atoms with Crippen LogP contribution in [0.25, 0.3) is 0 Å². The second-order valence-corrected chi connectivity index (χ2v) is 5.53. The summed E-state index contributed by atoms with van der Waals surface area (Å²) in [5.41, 5.74) is 0. The minimum absolute atomic E-state index is 0.667. The number of hydrogen-bond donors (Lipinski definition) is 1. The van der Waals surface area contributed by atoms with Gasteiger partial charge in [0.25, 0.3) is 0 Å². The monoisotopic (exact) mass is 236 g/mol. The Bertz CT molecular complexity index is 296. The second kappa shape index (κ2) is 6.26. The summed E-state index contributed by atoms with van der Waals surface area (Å²) in [7, 11) is 2.09. The van der Waals surface area contributed by atoms with Crippen molar-refractivity contribution in [2.75, 3.05) is 12.8 Å². The van der Waals surface area contributed by atoms with Crippen LogP contribution in [-0.4, -0.2) is 23.8 Å². The van der Waals surface area contributed by atoms with Gasteiger partial charge in [-0.25, -0.2) is 0 Å². The zero-order valence-corrected chi connectivity index (χ0v) is 10.7. The van der Waals surface area contributed by atoms with E-state index in [1.807, 2.05) is 24.2 Å². The zero-order valence-electron chi connectivity index (χ0n) is 9.86. The fourth-order valence-corrected chi connectivity index (χ4v) is 3.56. The summed E-state index contributed by atoms with van der Waals surface area (Å²) < 4.78 is 0.